The number of benzene rings is 1. The van der Waals surface area contributed by atoms with Gasteiger partial charge in [-0.3, -0.25) is 4.79 Å². The molecule has 1 aromatic carbocycles. The Hall–Kier alpha value is -1.55. The van der Waals surface area contributed by atoms with Gasteiger partial charge in [0.05, 0.1) is 6.04 Å². The van der Waals surface area contributed by atoms with Crippen LogP contribution in [0.2, 0.25) is 0 Å². The Morgan fingerprint density at radius 1 is 1.08 bits per heavy atom. The molecule has 2 fully saturated rings. The molecule has 25 heavy (non-hydrogen) atoms. The van der Waals surface area contributed by atoms with Crippen molar-refractivity contribution in [1.82, 2.24) is 0 Å². The molecule has 1 aliphatic carbocycles. The minimum atomic E-state index is -0.0349. The molecule has 3 atom stereocenters. The molecule has 3 N–H and O–H groups in total. The molecule has 1 saturated heterocycles. The van der Waals surface area contributed by atoms with E-state index in [0.29, 0.717) is 12.0 Å². The highest BCUT2D eigenvalue weighted by molar-refractivity contribution is 5.93. The van der Waals surface area contributed by atoms with Gasteiger partial charge in [0, 0.05) is 30.4 Å². The van der Waals surface area contributed by atoms with Crippen LogP contribution in [0.4, 0.5) is 11.4 Å². The van der Waals surface area contributed by atoms with Crippen LogP contribution >= 0.6 is 0 Å². The maximum atomic E-state index is 12.5. The summed E-state index contributed by atoms with van der Waals surface area (Å²) in [6.45, 7) is 6.65. The van der Waals surface area contributed by atoms with Crippen molar-refractivity contribution in [2.45, 2.75) is 70.9 Å². The van der Waals surface area contributed by atoms with Crippen LogP contribution in [0.5, 0.6) is 0 Å². The lowest BCUT2D eigenvalue weighted by atomic mass is 9.85. The van der Waals surface area contributed by atoms with Crippen molar-refractivity contribution in [3.8, 4) is 0 Å². The quantitative estimate of drug-likeness (QED) is 0.862. The summed E-state index contributed by atoms with van der Waals surface area (Å²) >= 11 is 0. The fourth-order valence-corrected chi connectivity index (χ4v) is 4.25. The van der Waals surface area contributed by atoms with Gasteiger partial charge in [0.25, 0.3) is 5.91 Å². The van der Waals surface area contributed by atoms with E-state index in [1.165, 1.54) is 50.6 Å². The Morgan fingerprint density at radius 3 is 2.44 bits per heavy atom. The number of rotatable bonds is 5. The number of hydrogen-bond acceptors (Lipinski definition) is 2. The summed E-state index contributed by atoms with van der Waals surface area (Å²) in [7, 11) is 0. The Labute approximate surface area is 152 Å². The van der Waals surface area contributed by atoms with Crippen LogP contribution in [0.3, 0.4) is 0 Å². The largest absolute Gasteiger partial charge is 0.372 e. The summed E-state index contributed by atoms with van der Waals surface area (Å²) in [5.41, 5.74) is 2.18. The molecule has 138 valence electrons. The van der Waals surface area contributed by atoms with Crippen LogP contribution in [-0.2, 0) is 4.79 Å². The average Bonchev–Trinajstić information content (AvgIpc) is 2.65. The fraction of sp³-hybridized carbons (Fsp3) is 0.667. The highest BCUT2D eigenvalue weighted by Crippen LogP contribution is 2.22. The molecule has 1 amide bonds. The summed E-state index contributed by atoms with van der Waals surface area (Å²) in [4.78, 5) is 15.0. The van der Waals surface area contributed by atoms with E-state index >= 15 is 0 Å². The van der Waals surface area contributed by atoms with E-state index in [0.717, 1.165) is 18.8 Å². The molecule has 1 heterocycles. The second-order valence-corrected chi connectivity index (χ2v) is 7.99. The van der Waals surface area contributed by atoms with Gasteiger partial charge in [-0.25, -0.2) is 0 Å². The van der Waals surface area contributed by atoms with Gasteiger partial charge in [0.1, 0.15) is 0 Å². The standard InChI is InChI=1S/C21H33N3O/c1-16-8-4-5-9-20(16)22-17(2)21(25)23-18-10-12-19(13-11-18)24-14-6-3-7-15-24/h10-13,16-17,20,22H,3-9,14-15H2,1-2H3,(H,23,25)/p+1/t16-,17-,20-/m0/s1. The molecule has 0 unspecified atom stereocenters. The highest BCUT2D eigenvalue weighted by atomic mass is 16.2. The molecule has 4 nitrogen and oxygen atoms in total. The van der Waals surface area contributed by atoms with Crippen LogP contribution in [0.1, 0.15) is 58.8 Å². The third kappa shape index (κ3) is 4.97. The number of nitrogens with one attached hydrogen (secondary N) is 1. The minimum absolute atomic E-state index is 0.0349. The van der Waals surface area contributed by atoms with Crippen LogP contribution in [-0.4, -0.2) is 31.1 Å². The number of amides is 1. The summed E-state index contributed by atoms with van der Waals surface area (Å²) in [5, 5.41) is 5.37. The van der Waals surface area contributed by atoms with Gasteiger partial charge in [-0.1, -0.05) is 13.3 Å². The lowest BCUT2D eigenvalue weighted by Crippen LogP contribution is -2.97. The monoisotopic (exact) mass is 344 g/mol. The van der Waals surface area contributed by atoms with Crippen molar-refractivity contribution in [3.63, 3.8) is 0 Å². The lowest BCUT2D eigenvalue weighted by molar-refractivity contribution is -0.714. The molecule has 1 aromatic rings. The van der Waals surface area contributed by atoms with Crippen LogP contribution in [0, 0.1) is 5.92 Å². The van der Waals surface area contributed by atoms with Gasteiger partial charge >= 0.3 is 0 Å². The van der Waals surface area contributed by atoms with Gasteiger partial charge in [0.15, 0.2) is 6.04 Å². The first-order valence-corrected chi connectivity index (χ1v) is 10.1. The maximum absolute atomic E-state index is 12.5. The molecule has 4 heteroatoms. The van der Waals surface area contributed by atoms with Crippen LogP contribution in [0.25, 0.3) is 0 Å². The van der Waals surface area contributed by atoms with E-state index < -0.39 is 0 Å². The Morgan fingerprint density at radius 2 is 1.76 bits per heavy atom. The number of piperidine rings is 1. The zero-order valence-electron chi connectivity index (χ0n) is 15.8. The number of nitrogens with zero attached hydrogens (tertiary/aromatic N) is 1. The first-order valence-electron chi connectivity index (χ1n) is 10.1. The molecule has 0 bridgehead atoms. The molecule has 2 aliphatic rings. The second-order valence-electron chi connectivity index (χ2n) is 7.99. The number of nitrogens with two attached hydrogens (primary N) is 1. The first kappa shape index (κ1) is 18.2. The number of quaternary nitrogens is 1. The van der Waals surface area contributed by atoms with Crippen molar-refractivity contribution >= 4 is 17.3 Å². The van der Waals surface area contributed by atoms with Crippen molar-refractivity contribution in [2.24, 2.45) is 5.92 Å². The Kier molecular flexibility index (Phi) is 6.35. The van der Waals surface area contributed by atoms with E-state index in [4.69, 9.17) is 0 Å². The molecule has 1 aliphatic heterocycles. The van der Waals surface area contributed by atoms with Crippen LogP contribution < -0.4 is 15.5 Å². The van der Waals surface area contributed by atoms with E-state index in [-0.39, 0.29) is 11.9 Å². The third-order valence-electron chi connectivity index (χ3n) is 5.98. The fourth-order valence-electron chi connectivity index (χ4n) is 4.25. The van der Waals surface area contributed by atoms with E-state index in [1.54, 1.807) is 0 Å². The third-order valence-corrected chi connectivity index (χ3v) is 5.98. The van der Waals surface area contributed by atoms with E-state index in [1.807, 2.05) is 19.1 Å². The lowest BCUT2D eigenvalue weighted by Gasteiger charge is -2.29. The molecule has 0 aromatic heterocycles. The molecule has 3 rings (SSSR count). The SMILES string of the molecule is C[C@H]([NH2+][C@H]1CCCC[C@@H]1C)C(=O)Nc1ccc(N2CCCCC2)cc1. The van der Waals surface area contributed by atoms with Crippen molar-refractivity contribution in [1.29, 1.82) is 0 Å². The van der Waals surface area contributed by atoms with Crippen molar-refractivity contribution in [3.05, 3.63) is 24.3 Å². The van der Waals surface area contributed by atoms with Crippen molar-refractivity contribution in [2.75, 3.05) is 23.3 Å². The predicted molar refractivity (Wildman–Crippen MR) is 104 cm³/mol. The Balaban J connectivity index is 1.51. The number of carbonyl (C=O) groups is 1. The summed E-state index contributed by atoms with van der Waals surface area (Å²) in [6, 6.07) is 8.91. The minimum Gasteiger partial charge on any atom is -0.372 e. The average molecular weight is 345 g/mol. The molecular formula is C21H34N3O+. The zero-order chi connectivity index (χ0) is 17.6. The predicted octanol–water partition coefficient (Wildman–Crippen LogP) is 3.15. The van der Waals surface area contributed by atoms with Gasteiger partial charge in [-0.15, -0.1) is 0 Å². The Bertz CT molecular complexity index is 551. The van der Waals surface area contributed by atoms with Gasteiger partial charge in [-0.05, 0) is 69.7 Å². The maximum Gasteiger partial charge on any atom is 0.282 e. The smallest absolute Gasteiger partial charge is 0.282 e. The molecular weight excluding hydrogens is 310 g/mol. The molecule has 0 spiro atoms. The highest BCUT2D eigenvalue weighted by Gasteiger charge is 2.28. The normalized spacial score (nSPS) is 25.4. The molecule has 0 radical (unpaired) electrons. The van der Waals surface area contributed by atoms with Crippen LogP contribution in [0.15, 0.2) is 24.3 Å². The summed E-state index contributed by atoms with van der Waals surface area (Å²) in [5.74, 6) is 0.830. The number of anilines is 2. The van der Waals surface area contributed by atoms with Crippen molar-refractivity contribution < 1.29 is 10.1 Å². The molecule has 1 saturated carbocycles. The summed E-state index contributed by atoms with van der Waals surface area (Å²) < 4.78 is 0. The van der Waals surface area contributed by atoms with Gasteiger partial charge < -0.3 is 15.5 Å². The second kappa shape index (κ2) is 8.70. The number of carbonyl (C=O) groups excluding carboxylic acids is 1. The summed E-state index contributed by atoms with van der Waals surface area (Å²) in [6.07, 6.45) is 9.10. The van der Waals surface area contributed by atoms with Gasteiger partial charge in [0.2, 0.25) is 0 Å². The zero-order valence-corrected chi connectivity index (χ0v) is 15.8. The van der Waals surface area contributed by atoms with E-state index in [2.05, 4.69) is 34.6 Å². The first-order chi connectivity index (χ1) is 12.1. The topological polar surface area (TPSA) is 49.0 Å². The van der Waals surface area contributed by atoms with Gasteiger partial charge in [-0.2, -0.15) is 0 Å². The van der Waals surface area contributed by atoms with E-state index in [9.17, 15) is 4.79 Å². The number of hydrogen-bond donors (Lipinski definition) is 2.